The highest BCUT2D eigenvalue weighted by Gasteiger charge is 2.22. The summed E-state index contributed by atoms with van der Waals surface area (Å²) >= 11 is 3.66. The number of benzene rings is 2. The molecule has 0 saturated heterocycles. The molecule has 2 aromatic rings. The molecule has 1 atom stereocenters. The molecule has 4 nitrogen and oxygen atoms in total. The van der Waals surface area contributed by atoms with E-state index in [1.54, 1.807) is 0 Å². The van der Waals surface area contributed by atoms with E-state index in [1.807, 2.05) is 18.2 Å². The van der Waals surface area contributed by atoms with Crippen LogP contribution in [0.4, 0.5) is 0 Å². The van der Waals surface area contributed by atoms with E-state index in [0.29, 0.717) is 12.8 Å². The van der Waals surface area contributed by atoms with Crippen LogP contribution >= 0.6 is 15.9 Å². The molecule has 4 rings (SSSR count). The first-order valence-corrected chi connectivity index (χ1v) is 9.66. The Labute approximate surface area is 162 Å². The molecule has 2 heterocycles. The highest BCUT2D eigenvalue weighted by Crippen LogP contribution is 2.38. The van der Waals surface area contributed by atoms with E-state index in [4.69, 9.17) is 9.47 Å². The molecule has 26 heavy (non-hydrogen) atoms. The van der Waals surface area contributed by atoms with Crippen LogP contribution in [0.5, 0.6) is 11.5 Å². The summed E-state index contributed by atoms with van der Waals surface area (Å²) in [5.41, 5.74) is 4.79. The van der Waals surface area contributed by atoms with Crippen molar-refractivity contribution in [3.63, 3.8) is 0 Å². The summed E-state index contributed by atoms with van der Waals surface area (Å²) in [6.07, 6.45) is 3.36. The Morgan fingerprint density at radius 2 is 1.88 bits per heavy atom. The molecular formula is C21H22BrNO3. The topological polar surface area (TPSA) is 41.9 Å². The molecule has 136 valence electrons. The Morgan fingerprint density at radius 3 is 2.58 bits per heavy atom. The third kappa shape index (κ3) is 3.52. The van der Waals surface area contributed by atoms with Gasteiger partial charge in [-0.15, -0.1) is 0 Å². The Bertz CT molecular complexity index is 832. The van der Waals surface area contributed by atoms with Crippen molar-refractivity contribution in [1.29, 1.82) is 0 Å². The molecule has 1 unspecified atom stereocenters. The Morgan fingerprint density at radius 1 is 1.15 bits per heavy atom. The highest BCUT2D eigenvalue weighted by molar-refractivity contribution is 9.10. The predicted molar refractivity (Wildman–Crippen MR) is 105 cm³/mol. The van der Waals surface area contributed by atoms with Gasteiger partial charge in [-0.25, -0.2) is 0 Å². The molecule has 0 bridgehead atoms. The molecule has 1 N–H and O–H groups in total. The lowest BCUT2D eigenvalue weighted by atomic mass is 9.95. The molecular weight excluding hydrogens is 394 g/mol. The van der Waals surface area contributed by atoms with Gasteiger partial charge in [0.15, 0.2) is 11.5 Å². The fraction of sp³-hybridized carbons (Fsp3) is 0.333. The van der Waals surface area contributed by atoms with Gasteiger partial charge in [-0.2, -0.15) is 0 Å². The van der Waals surface area contributed by atoms with Crippen molar-refractivity contribution in [3.05, 3.63) is 63.6 Å². The third-order valence-corrected chi connectivity index (χ3v) is 5.85. The number of halogens is 1. The molecule has 2 aliphatic heterocycles. The summed E-state index contributed by atoms with van der Waals surface area (Å²) in [6.45, 7) is 4.50. The zero-order valence-corrected chi connectivity index (χ0v) is 16.3. The van der Waals surface area contributed by atoms with Crippen LogP contribution in [-0.2, 0) is 13.2 Å². The third-order valence-electron chi connectivity index (χ3n) is 5.11. The fourth-order valence-electron chi connectivity index (χ4n) is 3.53. The molecule has 0 amide bonds. The number of rotatable bonds is 4. The number of aliphatic hydroxyl groups is 1. The number of hydrogen-bond acceptors (Lipinski definition) is 4. The maximum Gasteiger partial charge on any atom is 0.231 e. The number of hydrogen-bond donors (Lipinski definition) is 1. The van der Waals surface area contributed by atoms with Gasteiger partial charge >= 0.3 is 0 Å². The summed E-state index contributed by atoms with van der Waals surface area (Å²) in [4.78, 5) is 2.47. The summed E-state index contributed by atoms with van der Waals surface area (Å²) in [6, 6.07) is 12.6. The minimum Gasteiger partial charge on any atom is -0.454 e. The van der Waals surface area contributed by atoms with Crippen LogP contribution in [0.1, 0.15) is 30.0 Å². The lowest BCUT2D eigenvalue weighted by molar-refractivity contribution is 0.174. The van der Waals surface area contributed by atoms with Gasteiger partial charge in [0, 0.05) is 23.6 Å². The van der Waals surface area contributed by atoms with Gasteiger partial charge in [-0.1, -0.05) is 46.3 Å². The van der Waals surface area contributed by atoms with Gasteiger partial charge < -0.3 is 14.6 Å². The Balaban J connectivity index is 1.49. The first kappa shape index (κ1) is 17.6. The van der Waals surface area contributed by atoms with Gasteiger partial charge in [-0.05, 0) is 47.7 Å². The normalized spacial score (nSPS) is 19.5. The molecule has 0 spiro atoms. The Kier molecular flexibility index (Phi) is 5.02. The van der Waals surface area contributed by atoms with Crippen LogP contribution in [0.15, 0.2) is 46.9 Å². The SMILES string of the molecule is CC1C=C(c2ccc(CO)cc2)CCN1Cc1cc2c(cc1Br)OCO2. The Hall–Kier alpha value is -1.82. The summed E-state index contributed by atoms with van der Waals surface area (Å²) in [5, 5.41) is 9.19. The smallest absolute Gasteiger partial charge is 0.231 e. The lowest BCUT2D eigenvalue weighted by Crippen LogP contribution is -2.35. The minimum atomic E-state index is 0.0912. The zero-order chi connectivity index (χ0) is 18.1. The van der Waals surface area contributed by atoms with Crippen molar-refractivity contribution >= 4 is 21.5 Å². The van der Waals surface area contributed by atoms with Gasteiger partial charge in [0.25, 0.3) is 0 Å². The lowest BCUT2D eigenvalue weighted by Gasteiger charge is -2.33. The van der Waals surface area contributed by atoms with E-state index in [9.17, 15) is 5.11 Å². The van der Waals surface area contributed by atoms with Gasteiger partial charge in [-0.3, -0.25) is 4.90 Å². The van der Waals surface area contributed by atoms with Crippen LogP contribution in [-0.4, -0.2) is 29.4 Å². The van der Waals surface area contributed by atoms with Crippen molar-refractivity contribution in [3.8, 4) is 11.5 Å². The maximum atomic E-state index is 9.19. The molecule has 0 fully saturated rings. The second-order valence-electron chi connectivity index (χ2n) is 6.80. The molecule has 0 aromatic heterocycles. The minimum absolute atomic E-state index is 0.0912. The average Bonchev–Trinajstić information content (AvgIpc) is 3.10. The number of fused-ring (bicyclic) bond motifs is 1. The molecule has 2 aliphatic rings. The number of nitrogens with zero attached hydrogens (tertiary/aromatic N) is 1. The number of aliphatic hydroxyl groups excluding tert-OH is 1. The van der Waals surface area contributed by atoms with E-state index in [1.165, 1.54) is 16.7 Å². The zero-order valence-electron chi connectivity index (χ0n) is 14.7. The summed E-state index contributed by atoms with van der Waals surface area (Å²) in [5.74, 6) is 1.63. The monoisotopic (exact) mass is 415 g/mol. The first-order chi connectivity index (χ1) is 12.6. The van der Waals surface area contributed by atoms with Gasteiger partial charge in [0.05, 0.1) is 6.61 Å². The molecule has 2 aromatic carbocycles. The predicted octanol–water partition coefficient (Wildman–Crippen LogP) is 4.35. The van der Waals surface area contributed by atoms with E-state index in [0.717, 1.165) is 41.0 Å². The van der Waals surface area contributed by atoms with Crippen molar-refractivity contribution < 1.29 is 14.6 Å². The van der Waals surface area contributed by atoms with E-state index >= 15 is 0 Å². The van der Waals surface area contributed by atoms with Gasteiger partial charge in [0.2, 0.25) is 6.79 Å². The summed E-state index contributed by atoms with van der Waals surface area (Å²) < 4.78 is 12.0. The van der Waals surface area contributed by atoms with Crippen molar-refractivity contribution in [2.24, 2.45) is 0 Å². The number of ether oxygens (including phenoxy) is 2. The molecule has 0 radical (unpaired) electrons. The van der Waals surface area contributed by atoms with Gasteiger partial charge in [0.1, 0.15) is 0 Å². The average molecular weight is 416 g/mol. The van der Waals surface area contributed by atoms with Crippen molar-refractivity contribution in [2.45, 2.75) is 32.5 Å². The first-order valence-electron chi connectivity index (χ1n) is 8.87. The standard InChI is InChI=1S/C21H22BrNO3/c1-14-8-17(16-4-2-15(12-24)3-5-16)6-7-23(14)11-18-9-20-21(10-19(18)22)26-13-25-20/h2-5,8-10,14,24H,6-7,11-13H2,1H3. The van der Waals surface area contributed by atoms with E-state index < -0.39 is 0 Å². The largest absolute Gasteiger partial charge is 0.454 e. The van der Waals surface area contributed by atoms with Crippen LogP contribution < -0.4 is 9.47 Å². The van der Waals surface area contributed by atoms with Crippen LogP contribution in [0, 0.1) is 0 Å². The van der Waals surface area contributed by atoms with Crippen LogP contribution in [0.25, 0.3) is 5.57 Å². The second kappa shape index (κ2) is 7.43. The summed E-state index contributed by atoms with van der Waals surface area (Å²) in [7, 11) is 0. The molecule has 0 saturated carbocycles. The van der Waals surface area contributed by atoms with E-state index in [2.05, 4.69) is 52.0 Å². The second-order valence-corrected chi connectivity index (χ2v) is 7.66. The van der Waals surface area contributed by atoms with Crippen LogP contribution in [0.3, 0.4) is 0 Å². The van der Waals surface area contributed by atoms with Crippen molar-refractivity contribution in [1.82, 2.24) is 4.90 Å². The van der Waals surface area contributed by atoms with Crippen molar-refractivity contribution in [2.75, 3.05) is 13.3 Å². The highest BCUT2D eigenvalue weighted by atomic mass is 79.9. The fourth-order valence-corrected chi connectivity index (χ4v) is 3.98. The molecule has 0 aliphatic carbocycles. The quantitative estimate of drug-likeness (QED) is 0.805. The van der Waals surface area contributed by atoms with E-state index in [-0.39, 0.29) is 6.61 Å². The maximum absolute atomic E-state index is 9.19. The molecule has 5 heteroatoms. The van der Waals surface area contributed by atoms with Crippen LogP contribution in [0.2, 0.25) is 0 Å².